The summed E-state index contributed by atoms with van der Waals surface area (Å²) in [5, 5.41) is 4.82. The van der Waals surface area contributed by atoms with Crippen LogP contribution in [0.15, 0.2) is 51.9 Å². The van der Waals surface area contributed by atoms with Gasteiger partial charge in [-0.1, -0.05) is 5.16 Å². The van der Waals surface area contributed by atoms with Crippen LogP contribution in [0.4, 0.5) is 8.78 Å². The van der Waals surface area contributed by atoms with Gasteiger partial charge in [0.25, 0.3) is 0 Å². The minimum atomic E-state index is -3.64. The minimum Gasteiger partial charge on any atom is -0.356 e. The van der Waals surface area contributed by atoms with Crippen molar-refractivity contribution in [1.82, 2.24) is 14.8 Å². The van der Waals surface area contributed by atoms with Crippen molar-refractivity contribution in [2.24, 2.45) is 0 Å². The Hall–Kier alpha value is -2.36. The molecule has 0 bridgehead atoms. The first kappa shape index (κ1) is 19.0. The number of fused-ring (bicyclic) bond motifs is 1. The lowest BCUT2D eigenvalue weighted by Gasteiger charge is -2.39. The van der Waals surface area contributed by atoms with E-state index >= 15 is 0 Å². The molecule has 0 aliphatic carbocycles. The average molecular weight is 407 g/mol. The van der Waals surface area contributed by atoms with Crippen LogP contribution < -0.4 is 4.72 Å². The zero-order valence-corrected chi connectivity index (χ0v) is 15.8. The van der Waals surface area contributed by atoms with Crippen molar-refractivity contribution in [2.45, 2.75) is 23.8 Å². The summed E-state index contributed by atoms with van der Waals surface area (Å²) in [6.45, 7) is 2.03. The molecule has 9 heteroatoms. The van der Waals surface area contributed by atoms with E-state index in [-0.39, 0.29) is 16.8 Å². The Balaban J connectivity index is 1.24. The van der Waals surface area contributed by atoms with Crippen LogP contribution in [0.1, 0.15) is 12.1 Å². The van der Waals surface area contributed by atoms with Crippen LogP contribution >= 0.6 is 0 Å². The molecule has 0 unspecified atom stereocenters. The largest absolute Gasteiger partial charge is 0.356 e. The SMILES string of the molecule is O=S(=O)(NC1CN(CCCc2noc3cc(F)ccc23)C1)c1ccc(F)cc1. The van der Waals surface area contributed by atoms with Crippen molar-refractivity contribution in [3.63, 3.8) is 0 Å². The number of benzene rings is 2. The highest BCUT2D eigenvalue weighted by Crippen LogP contribution is 2.21. The van der Waals surface area contributed by atoms with Crippen LogP contribution in [0.5, 0.6) is 0 Å². The second-order valence-corrected chi connectivity index (χ2v) is 8.62. The van der Waals surface area contributed by atoms with Gasteiger partial charge in [-0.2, -0.15) is 0 Å². The minimum absolute atomic E-state index is 0.0571. The number of likely N-dealkylation sites (tertiary alicyclic amines) is 1. The van der Waals surface area contributed by atoms with Gasteiger partial charge in [-0.15, -0.1) is 0 Å². The summed E-state index contributed by atoms with van der Waals surface area (Å²) < 4.78 is 58.4. The van der Waals surface area contributed by atoms with Gasteiger partial charge in [0.05, 0.1) is 10.6 Å². The summed E-state index contributed by atoms with van der Waals surface area (Å²) in [5.41, 5.74) is 1.23. The highest BCUT2D eigenvalue weighted by molar-refractivity contribution is 7.89. The van der Waals surface area contributed by atoms with Crippen LogP contribution in [0.2, 0.25) is 0 Å². The fourth-order valence-electron chi connectivity index (χ4n) is 3.34. The van der Waals surface area contributed by atoms with Gasteiger partial charge in [0.15, 0.2) is 5.58 Å². The fraction of sp³-hybridized carbons (Fsp3) is 0.316. The molecule has 3 aromatic rings. The topological polar surface area (TPSA) is 75.4 Å². The lowest BCUT2D eigenvalue weighted by Crippen LogP contribution is -2.59. The molecule has 148 valence electrons. The number of nitrogens with one attached hydrogen (secondary N) is 1. The number of sulfonamides is 1. The Bertz CT molecular complexity index is 1080. The standard InChI is InChI=1S/C19H19F2N3O3S/c20-13-3-6-16(7-4-13)28(25,26)23-15-11-24(12-15)9-1-2-18-17-8-5-14(21)10-19(17)27-22-18/h3-8,10,15,23H,1-2,9,11-12H2. The van der Waals surface area contributed by atoms with Crippen LogP contribution in [0, 0.1) is 11.6 Å². The molecular formula is C19H19F2N3O3S. The predicted molar refractivity (Wildman–Crippen MR) is 99.2 cm³/mol. The molecule has 0 radical (unpaired) electrons. The number of aromatic nitrogens is 1. The zero-order chi connectivity index (χ0) is 19.7. The van der Waals surface area contributed by atoms with Crippen molar-refractivity contribution < 1.29 is 21.7 Å². The number of hydrogen-bond donors (Lipinski definition) is 1. The Morgan fingerprint density at radius 3 is 2.57 bits per heavy atom. The monoisotopic (exact) mass is 407 g/mol. The third-order valence-corrected chi connectivity index (χ3v) is 6.34. The predicted octanol–water partition coefficient (Wildman–Crippen LogP) is 2.70. The smallest absolute Gasteiger partial charge is 0.240 e. The molecule has 0 amide bonds. The second kappa shape index (κ2) is 7.57. The summed E-state index contributed by atoms with van der Waals surface area (Å²) in [7, 11) is -3.64. The third-order valence-electron chi connectivity index (χ3n) is 4.80. The average Bonchev–Trinajstić information content (AvgIpc) is 3.01. The van der Waals surface area contributed by atoms with E-state index in [1.807, 2.05) is 0 Å². The van der Waals surface area contributed by atoms with Crippen LogP contribution in [0.3, 0.4) is 0 Å². The molecule has 1 N–H and O–H groups in total. The molecule has 1 aliphatic heterocycles. The molecule has 28 heavy (non-hydrogen) atoms. The van der Waals surface area contributed by atoms with Gasteiger partial charge in [-0.05, 0) is 55.8 Å². The van der Waals surface area contributed by atoms with E-state index in [0.717, 1.165) is 36.2 Å². The Morgan fingerprint density at radius 1 is 1.11 bits per heavy atom. The Kier molecular flexibility index (Phi) is 5.13. The molecule has 2 heterocycles. The molecule has 6 nitrogen and oxygen atoms in total. The van der Waals surface area contributed by atoms with E-state index in [1.54, 1.807) is 6.07 Å². The van der Waals surface area contributed by atoms with Gasteiger partial charge in [0.2, 0.25) is 10.0 Å². The number of rotatable bonds is 7. The molecule has 0 saturated carbocycles. The van der Waals surface area contributed by atoms with Gasteiger partial charge < -0.3 is 9.42 Å². The number of halogens is 2. The summed E-state index contributed by atoms with van der Waals surface area (Å²) in [6.07, 6.45) is 1.53. The zero-order valence-electron chi connectivity index (χ0n) is 14.9. The van der Waals surface area contributed by atoms with Gasteiger partial charge in [-0.25, -0.2) is 21.9 Å². The van der Waals surface area contributed by atoms with E-state index < -0.39 is 15.8 Å². The molecule has 1 fully saturated rings. The molecule has 4 rings (SSSR count). The van der Waals surface area contributed by atoms with E-state index in [4.69, 9.17) is 4.52 Å². The molecule has 1 aliphatic rings. The lowest BCUT2D eigenvalue weighted by molar-refractivity contribution is 0.139. The Morgan fingerprint density at radius 2 is 1.82 bits per heavy atom. The van der Waals surface area contributed by atoms with Crippen molar-refractivity contribution in [1.29, 1.82) is 0 Å². The summed E-state index contributed by atoms with van der Waals surface area (Å²) in [4.78, 5) is 2.20. The summed E-state index contributed by atoms with van der Waals surface area (Å²) in [5.74, 6) is -0.830. The molecule has 0 atom stereocenters. The first-order valence-electron chi connectivity index (χ1n) is 8.95. The molecule has 1 saturated heterocycles. The lowest BCUT2D eigenvalue weighted by atomic mass is 10.1. The normalized spacial score (nSPS) is 15.8. The first-order chi connectivity index (χ1) is 13.4. The maximum Gasteiger partial charge on any atom is 0.240 e. The fourth-order valence-corrected chi connectivity index (χ4v) is 4.56. The molecule has 2 aromatic carbocycles. The van der Waals surface area contributed by atoms with Gasteiger partial charge in [0.1, 0.15) is 11.6 Å². The molecular weight excluding hydrogens is 388 g/mol. The highest BCUT2D eigenvalue weighted by atomic mass is 32.2. The number of nitrogens with zero attached hydrogens (tertiary/aromatic N) is 2. The highest BCUT2D eigenvalue weighted by Gasteiger charge is 2.30. The third kappa shape index (κ3) is 4.06. The number of hydrogen-bond acceptors (Lipinski definition) is 5. The Labute approximate surface area is 161 Å². The molecule has 1 aromatic heterocycles. The molecule has 0 spiro atoms. The van der Waals surface area contributed by atoms with Crippen molar-refractivity contribution >= 4 is 21.0 Å². The maximum atomic E-state index is 13.2. The van der Waals surface area contributed by atoms with Gasteiger partial charge in [0, 0.05) is 30.6 Å². The number of aryl methyl sites for hydroxylation is 1. The van der Waals surface area contributed by atoms with E-state index in [9.17, 15) is 17.2 Å². The van der Waals surface area contributed by atoms with Gasteiger partial charge in [-0.3, -0.25) is 0 Å². The quantitative estimate of drug-likeness (QED) is 0.652. The van der Waals surface area contributed by atoms with Crippen molar-refractivity contribution in [3.05, 3.63) is 59.8 Å². The van der Waals surface area contributed by atoms with Crippen LogP contribution in [-0.2, 0) is 16.4 Å². The van der Waals surface area contributed by atoms with Crippen LogP contribution in [0.25, 0.3) is 11.0 Å². The van der Waals surface area contributed by atoms with Crippen LogP contribution in [-0.4, -0.2) is 44.2 Å². The summed E-state index contributed by atoms with van der Waals surface area (Å²) in [6, 6.07) is 8.97. The second-order valence-electron chi connectivity index (χ2n) is 6.91. The van der Waals surface area contributed by atoms with E-state index in [2.05, 4.69) is 14.8 Å². The summed E-state index contributed by atoms with van der Waals surface area (Å²) >= 11 is 0. The van der Waals surface area contributed by atoms with E-state index in [0.29, 0.717) is 25.1 Å². The van der Waals surface area contributed by atoms with Crippen molar-refractivity contribution in [3.8, 4) is 0 Å². The van der Waals surface area contributed by atoms with Gasteiger partial charge >= 0.3 is 0 Å². The van der Waals surface area contributed by atoms with E-state index in [1.165, 1.54) is 24.3 Å². The first-order valence-corrected chi connectivity index (χ1v) is 10.4. The maximum absolute atomic E-state index is 13.2. The van der Waals surface area contributed by atoms with Crippen molar-refractivity contribution in [2.75, 3.05) is 19.6 Å².